The van der Waals surface area contributed by atoms with Gasteiger partial charge in [0.1, 0.15) is 0 Å². The van der Waals surface area contributed by atoms with E-state index < -0.39 is 0 Å². The minimum Gasteiger partial charge on any atom is -0.356 e. The van der Waals surface area contributed by atoms with Crippen molar-refractivity contribution in [3.63, 3.8) is 0 Å². The van der Waals surface area contributed by atoms with Crippen molar-refractivity contribution in [1.82, 2.24) is 5.32 Å². The largest absolute Gasteiger partial charge is 0.356 e. The highest BCUT2D eigenvalue weighted by molar-refractivity contribution is 6.30. The molecule has 0 saturated heterocycles. The zero-order valence-corrected chi connectivity index (χ0v) is 15.8. The zero-order valence-electron chi connectivity index (χ0n) is 15.0. The van der Waals surface area contributed by atoms with Crippen LogP contribution in [0.3, 0.4) is 0 Å². The fourth-order valence-electron chi connectivity index (χ4n) is 3.16. The molecule has 2 atom stereocenters. The minimum absolute atomic E-state index is 0.0475. The molecule has 0 bridgehead atoms. The monoisotopic (exact) mass is 370 g/mol. The molecule has 0 radical (unpaired) electrons. The van der Waals surface area contributed by atoms with Crippen LogP contribution in [0.15, 0.2) is 42.5 Å². The summed E-state index contributed by atoms with van der Waals surface area (Å²) in [6.45, 7) is 4.48. The molecule has 0 aromatic heterocycles. The van der Waals surface area contributed by atoms with Gasteiger partial charge in [0.2, 0.25) is 11.8 Å². The first-order valence-corrected chi connectivity index (χ1v) is 9.22. The Morgan fingerprint density at radius 1 is 1.04 bits per heavy atom. The van der Waals surface area contributed by atoms with Crippen LogP contribution in [0, 0.1) is 25.7 Å². The second-order valence-electron chi connectivity index (χ2n) is 6.88. The standard InChI is InChI=1S/C21H23ClN2O2/c1-13-5-3-6-14(2)19(13)24-21(26)18-12-17(18)20(25)23-10-9-15-7-4-8-16(22)11-15/h3-8,11,17-18H,9-10,12H2,1-2H3,(H,23,25)(H,24,26). The van der Waals surface area contributed by atoms with E-state index in [1.807, 2.05) is 56.3 Å². The summed E-state index contributed by atoms with van der Waals surface area (Å²) in [5.41, 5.74) is 3.99. The number of rotatable bonds is 6. The van der Waals surface area contributed by atoms with E-state index in [-0.39, 0.29) is 23.7 Å². The molecule has 2 aromatic carbocycles. The van der Waals surface area contributed by atoms with E-state index in [9.17, 15) is 9.59 Å². The lowest BCUT2D eigenvalue weighted by Crippen LogP contribution is -2.29. The molecule has 2 unspecified atom stereocenters. The number of nitrogens with one attached hydrogen (secondary N) is 2. The van der Waals surface area contributed by atoms with Crippen molar-refractivity contribution in [2.24, 2.45) is 11.8 Å². The molecule has 1 saturated carbocycles. The van der Waals surface area contributed by atoms with Crippen molar-refractivity contribution < 1.29 is 9.59 Å². The van der Waals surface area contributed by atoms with Gasteiger partial charge in [-0.25, -0.2) is 0 Å². The van der Waals surface area contributed by atoms with Gasteiger partial charge < -0.3 is 10.6 Å². The average molecular weight is 371 g/mol. The highest BCUT2D eigenvalue weighted by Crippen LogP contribution is 2.40. The number of hydrogen-bond donors (Lipinski definition) is 2. The molecule has 3 rings (SSSR count). The second kappa shape index (κ2) is 7.92. The van der Waals surface area contributed by atoms with E-state index in [1.165, 1.54) is 0 Å². The summed E-state index contributed by atoms with van der Waals surface area (Å²) >= 11 is 5.96. The van der Waals surface area contributed by atoms with Crippen LogP contribution in [0.4, 0.5) is 5.69 Å². The van der Waals surface area contributed by atoms with Crippen LogP contribution in [0.1, 0.15) is 23.1 Å². The van der Waals surface area contributed by atoms with Crippen molar-refractivity contribution in [1.29, 1.82) is 0 Å². The number of carbonyl (C=O) groups excluding carboxylic acids is 2. The molecule has 1 aliphatic carbocycles. The Balaban J connectivity index is 1.47. The van der Waals surface area contributed by atoms with Crippen molar-refractivity contribution in [2.45, 2.75) is 26.7 Å². The lowest BCUT2D eigenvalue weighted by molar-refractivity contribution is -0.125. The van der Waals surface area contributed by atoms with Gasteiger partial charge in [-0.3, -0.25) is 9.59 Å². The van der Waals surface area contributed by atoms with Crippen LogP contribution in [-0.4, -0.2) is 18.4 Å². The second-order valence-corrected chi connectivity index (χ2v) is 7.31. The van der Waals surface area contributed by atoms with E-state index >= 15 is 0 Å². The minimum atomic E-state index is -0.236. The van der Waals surface area contributed by atoms with Gasteiger partial charge in [-0.1, -0.05) is 41.9 Å². The van der Waals surface area contributed by atoms with Gasteiger partial charge in [-0.15, -0.1) is 0 Å². The molecule has 0 spiro atoms. The zero-order chi connectivity index (χ0) is 18.7. The Labute approximate surface area is 158 Å². The summed E-state index contributed by atoms with van der Waals surface area (Å²) < 4.78 is 0. The summed E-state index contributed by atoms with van der Waals surface area (Å²) in [5.74, 6) is -0.579. The van der Waals surface area contributed by atoms with Gasteiger partial charge in [0, 0.05) is 17.3 Å². The third kappa shape index (κ3) is 4.44. The Bertz CT molecular complexity index is 814. The number of aryl methyl sites for hydroxylation is 2. The van der Waals surface area contributed by atoms with Gasteiger partial charge in [-0.05, 0) is 55.5 Å². The summed E-state index contributed by atoms with van der Waals surface area (Å²) in [4.78, 5) is 24.7. The first-order chi connectivity index (χ1) is 12.5. The van der Waals surface area contributed by atoms with Crippen LogP contribution in [0.5, 0.6) is 0 Å². The molecule has 2 amide bonds. The number of carbonyl (C=O) groups is 2. The molecule has 2 N–H and O–H groups in total. The van der Waals surface area contributed by atoms with Gasteiger partial charge in [-0.2, -0.15) is 0 Å². The van der Waals surface area contributed by atoms with Gasteiger partial charge in [0.15, 0.2) is 0 Å². The van der Waals surface area contributed by atoms with Crippen LogP contribution in [-0.2, 0) is 16.0 Å². The molecule has 1 aliphatic rings. The fourth-order valence-corrected chi connectivity index (χ4v) is 3.37. The smallest absolute Gasteiger partial charge is 0.228 e. The van der Waals surface area contributed by atoms with Gasteiger partial charge in [0.05, 0.1) is 11.8 Å². The Kier molecular flexibility index (Phi) is 5.62. The van der Waals surface area contributed by atoms with Crippen molar-refractivity contribution >= 4 is 29.1 Å². The van der Waals surface area contributed by atoms with Crippen LogP contribution in [0.25, 0.3) is 0 Å². The first kappa shape index (κ1) is 18.5. The molecular weight excluding hydrogens is 348 g/mol. The molecule has 1 fully saturated rings. The Morgan fingerprint density at radius 2 is 1.69 bits per heavy atom. The fraction of sp³-hybridized carbons (Fsp3) is 0.333. The lowest BCUT2D eigenvalue weighted by Gasteiger charge is -2.11. The maximum atomic E-state index is 12.4. The molecule has 26 heavy (non-hydrogen) atoms. The SMILES string of the molecule is Cc1cccc(C)c1NC(=O)C1CC1C(=O)NCCc1cccc(Cl)c1. The molecule has 0 heterocycles. The van der Waals surface area contributed by atoms with Crippen molar-refractivity contribution in [3.05, 3.63) is 64.2 Å². The third-order valence-electron chi connectivity index (χ3n) is 4.80. The van der Waals surface area contributed by atoms with Gasteiger partial charge in [0.25, 0.3) is 0 Å². The van der Waals surface area contributed by atoms with Gasteiger partial charge >= 0.3 is 0 Å². The molecular formula is C21H23ClN2O2. The van der Waals surface area contributed by atoms with E-state index in [0.29, 0.717) is 18.0 Å². The summed E-state index contributed by atoms with van der Waals surface area (Å²) in [7, 11) is 0. The topological polar surface area (TPSA) is 58.2 Å². The molecule has 4 nitrogen and oxygen atoms in total. The Morgan fingerprint density at radius 3 is 2.38 bits per heavy atom. The normalized spacial score (nSPS) is 18.3. The lowest BCUT2D eigenvalue weighted by atomic mass is 10.1. The highest BCUT2D eigenvalue weighted by atomic mass is 35.5. The van der Waals surface area contributed by atoms with Crippen LogP contribution >= 0.6 is 11.6 Å². The van der Waals surface area contributed by atoms with Crippen LogP contribution in [0.2, 0.25) is 5.02 Å². The van der Waals surface area contributed by atoms with Crippen LogP contribution < -0.4 is 10.6 Å². The maximum Gasteiger partial charge on any atom is 0.228 e. The average Bonchev–Trinajstić information content (AvgIpc) is 3.39. The number of hydrogen-bond acceptors (Lipinski definition) is 2. The first-order valence-electron chi connectivity index (χ1n) is 8.85. The number of anilines is 1. The predicted octanol–water partition coefficient (Wildman–Crippen LogP) is 3.89. The molecule has 2 aromatic rings. The predicted molar refractivity (Wildman–Crippen MR) is 104 cm³/mol. The van der Waals surface area contributed by atoms with E-state index in [0.717, 1.165) is 28.8 Å². The summed E-state index contributed by atoms with van der Waals surface area (Å²) in [6, 6.07) is 13.5. The quantitative estimate of drug-likeness (QED) is 0.810. The number of halogens is 1. The van der Waals surface area contributed by atoms with E-state index in [4.69, 9.17) is 11.6 Å². The van der Waals surface area contributed by atoms with E-state index in [1.54, 1.807) is 0 Å². The molecule has 5 heteroatoms. The summed E-state index contributed by atoms with van der Waals surface area (Å²) in [6.07, 6.45) is 1.33. The third-order valence-corrected chi connectivity index (χ3v) is 5.03. The number of para-hydroxylation sites is 1. The molecule has 0 aliphatic heterocycles. The Hall–Kier alpha value is -2.33. The number of benzene rings is 2. The summed E-state index contributed by atoms with van der Waals surface area (Å²) in [5, 5.41) is 6.60. The van der Waals surface area contributed by atoms with Crippen molar-refractivity contribution in [2.75, 3.05) is 11.9 Å². The highest BCUT2D eigenvalue weighted by Gasteiger charge is 2.48. The maximum absolute atomic E-state index is 12.4. The van der Waals surface area contributed by atoms with E-state index in [2.05, 4.69) is 10.6 Å². The molecule has 136 valence electrons. The van der Waals surface area contributed by atoms with Crippen molar-refractivity contribution in [3.8, 4) is 0 Å². The number of amides is 2.